The second-order valence-electron chi connectivity index (χ2n) is 6.57. The third kappa shape index (κ3) is 4.44. The summed E-state index contributed by atoms with van der Waals surface area (Å²) in [5.74, 6) is -0.739. The number of hydrogen-bond acceptors (Lipinski definition) is 6. The summed E-state index contributed by atoms with van der Waals surface area (Å²) in [4.78, 5) is 15.9. The number of rotatable bonds is 7. The molecule has 0 aliphatic carbocycles. The first-order valence-electron chi connectivity index (χ1n) is 9.18. The van der Waals surface area contributed by atoms with Gasteiger partial charge in [-0.1, -0.05) is 35.9 Å². The smallest absolute Gasteiger partial charge is 0.349 e. The van der Waals surface area contributed by atoms with Crippen molar-refractivity contribution in [3.63, 3.8) is 0 Å². The Balaban J connectivity index is 1.57. The zero-order chi connectivity index (χ0) is 21.8. The van der Waals surface area contributed by atoms with Crippen molar-refractivity contribution in [2.24, 2.45) is 0 Å². The van der Waals surface area contributed by atoms with Crippen LogP contribution in [-0.4, -0.2) is 16.1 Å². The molecule has 0 spiro atoms. The van der Waals surface area contributed by atoms with Crippen molar-refractivity contribution in [3.8, 4) is 17.6 Å². The predicted molar refractivity (Wildman–Crippen MR) is 112 cm³/mol. The molecule has 1 N–H and O–H groups in total. The van der Waals surface area contributed by atoms with Crippen LogP contribution in [0.4, 0.5) is 0 Å². The molecule has 1 aromatic heterocycles. The van der Waals surface area contributed by atoms with Crippen LogP contribution in [0.2, 0.25) is 5.02 Å². The van der Waals surface area contributed by atoms with Crippen LogP contribution in [0.25, 0.3) is 11.1 Å². The average molecular weight is 435 g/mol. The lowest BCUT2D eigenvalue weighted by molar-refractivity contribution is -0.145. The highest BCUT2D eigenvalue weighted by Gasteiger charge is 2.25. The fourth-order valence-corrected chi connectivity index (χ4v) is 3.23. The van der Waals surface area contributed by atoms with E-state index >= 15 is 0 Å². The Morgan fingerprint density at radius 3 is 2.81 bits per heavy atom. The summed E-state index contributed by atoms with van der Waals surface area (Å²) in [5, 5.41) is 19.3. The van der Waals surface area contributed by atoms with Crippen molar-refractivity contribution in [1.29, 1.82) is 5.26 Å². The van der Waals surface area contributed by atoms with Crippen LogP contribution >= 0.6 is 11.6 Å². The molecule has 0 aliphatic heterocycles. The maximum absolute atomic E-state index is 11.8. The van der Waals surface area contributed by atoms with Crippen molar-refractivity contribution >= 4 is 28.7 Å². The minimum atomic E-state index is -1.38. The van der Waals surface area contributed by atoms with E-state index in [2.05, 4.69) is 4.98 Å². The minimum Gasteiger partial charge on any atom is -0.489 e. The summed E-state index contributed by atoms with van der Waals surface area (Å²) in [5.41, 5.74) is 2.71. The Morgan fingerprint density at radius 2 is 2.03 bits per heavy atom. The summed E-state index contributed by atoms with van der Waals surface area (Å²) in [7, 11) is 0. The molecular weight excluding hydrogens is 420 g/mol. The number of oxazole rings is 1. The summed E-state index contributed by atoms with van der Waals surface area (Å²) < 4.78 is 16.8. The number of fused-ring (bicyclic) bond motifs is 1. The molecule has 0 saturated carbocycles. The molecule has 8 heteroatoms. The van der Waals surface area contributed by atoms with Crippen LogP contribution in [0, 0.1) is 11.3 Å². The van der Waals surface area contributed by atoms with Crippen LogP contribution < -0.4 is 9.47 Å². The van der Waals surface area contributed by atoms with Gasteiger partial charge in [-0.05, 0) is 35.9 Å². The van der Waals surface area contributed by atoms with Gasteiger partial charge < -0.3 is 19.0 Å². The lowest BCUT2D eigenvalue weighted by atomic mass is 10.1. The molecule has 4 rings (SSSR count). The van der Waals surface area contributed by atoms with E-state index in [-0.39, 0.29) is 28.5 Å². The number of nitrogens with zero attached hydrogens (tertiary/aromatic N) is 2. The number of carboxylic acid groups (broad SMARTS) is 1. The van der Waals surface area contributed by atoms with Crippen molar-refractivity contribution < 1.29 is 23.8 Å². The number of aliphatic carboxylic acids is 1. The van der Waals surface area contributed by atoms with Crippen LogP contribution in [0.1, 0.15) is 22.8 Å². The van der Waals surface area contributed by atoms with Crippen LogP contribution in [0.5, 0.6) is 11.5 Å². The molecule has 3 aromatic carbocycles. The Bertz CT molecular complexity index is 1290. The third-order valence-corrected chi connectivity index (χ3v) is 4.88. The van der Waals surface area contributed by atoms with E-state index in [1.165, 1.54) is 18.5 Å². The Labute approximate surface area is 182 Å². The van der Waals surface area contributed by atoms with Crippen molar-refractivity contribution in [2.45, 2.75) is 12.7 Å². The van der Waals surface area contributed by atoms with E-state index in [0.29, 0.717) is 11.3 Å². The van der Waals surface area contributed by atoms with Crippen LogP contribution in [0.3, 0.4) is 0 Å². The largest absolute Gasteiger partial charge is 0.489 e. The van der Waals surface area contributed by atoms with Gasteiger partial charge in [0.25, 0.3) is 0 Å². The van der Waals surface area contributed by atoms with Gasteiger partial charge in [-0.25, -0.2) is 9.78 Å². The molecule has 0 bridgehead atoms. The molecule has 0 amide bonds. The maximum atomic E-state index is 11.8. The molecule has 0 aliphatic rings. The number of halogens is 1. The SMILES string of the molecule is N#Cc1ccc(OCc2ccc3ncoc3c2)cc1OC(C(=O)O)c1ccccc1Cl. The van der Waals surface area contributed by atoms with Gasteiger partial charge in [-0.2, -0.15) is 5.26 Å². The van der Waals surface area contributed by atoms with Gasteiger partial charge >= 0.3 is 5.97 Å². The minimum absolute atomic E-state index is 0.0815. The van der Waals surface area contributed by atoms with Gasteiger partial charge in [-0.15, -0.1) is 0 Å². The van der Waals surface area contributed by atoms with E-state index in [4.69, 9.17) is 25.5 Å². The molecule has 31 heavy (non-hydrogen) atoms. The molecule has 154 valence electrons. The van der Waals surface area contributed by atoms with E-state index in [0.717, 1.165) is 11.1 Å². The van der Waals surface area contributed by atoms with Crippen LogP contribution in [0.15, 0.2) is 71.5 Å². The number of benzene rings is 3. The zero-order valence-electron chi connectivity index (χ0n) is 16.0. The number of ether oxygens (including phenoxy) is 2. The fraction of sp³-hybridized carbons (Fsp3) is 0.0870. The molecule has 1 atom stereocenters. The first kappa shape index (κ1) is 20.3. The first-order valence-corrected chi connectivity index (χ1v) is 9.56. The summed E-state index contributed by atoms with van der Waals surface area (Å²) in [6, 6.07) is 18.6. The van der Waals surface area contributed by atoms with Gasteiger partial charge in [0, 0.05) is 16.7 Å². The highest BCUT2D eigenvalue weighted by atomic mass is 35.5. The van der Waals surface area contributed by atoms with Gasteiger partial charge in [0.15, 0.2) is 12.0 Å². The molecule has 1 heterocycles. The second-order valence-corrected chi connectivity index (χ2v) is 6.98. The molecule has 0 fully saturated rings. The van der Waals surface area contributed by atoms with Crippen molar-refractivity contribution in [2.75, 3.05) is 0 Å². The fourth-order valence-electron chi connectivity index (χ4n) is 3.00. The maximum Gasteiger partial charge on any atom is 0.349 e. The van der Waals surface area contributed by atoms with Gasteiger partial charge in [0.1, 0.15) is 29.7 Å². The van der Waals surface area contributed by atoms with E-state index in [1.807, 2.05) is 24.3 Å². The second kappa shape index (κ2) is 8.78. The van der Waals surface area contributed by atoms with E-state index in [1.54, 1.807) is 30.3 Å². The standard InChI is InChI=1S/C23H15ClN2O5/c24-18-4-2-1-3-17(18)22(23(27)28)31-20-10-16(7-6-15(20)11-25)29-12-14-5-8-19-21(9-14)30-13-26-19/h1-10,13,22H,12H2,(H,27,28). The molecular formula is C23H15ClN2O5. The predicted octanol–water partition coefficient (Wildman–Crippen LogP) is 5.14. The molecule has 1 unspecified atom stereocenters. The van der Waals surface area contributed by atoms with Gasteiger partial charge in [-0.3, -0.25) is 0 Å². The Hall–Kier alpha value is -4.02. The number of aromatic nitrogens is 1. The lowest BCUT2D eigenvalue weighted by Gasteiger charge is -2.18. The summed E-state index contributed by atoms with van der Waals surface area (Å²) in [6.45, 7) is 0.231. The van der Waals surface area contributed by atoms with E-state index < -0.39 is 12.1 Å². The average Bonchev–Trinajstić information content (AvgIpc) is 3.24. The quantitative estimate of drug-likeness (QED) is 0.429. The number of carbonyl (C=O) groups is 1. The van der Waals surface area contributed by atoms with Gasteiger partial charge in [0.2, 0.25) is 6.10 Å². The van der Waals surface area contributed by atoms with Crippen molar-refractivity contribution in [1.82, 2.24) is 4.98 Å². The molecule has 4 aromatic rings. The molecule has 0 radical (unpaired) electrons. The number of hydrogen-bond donors (Lipinski definition) is 1. The van der Waals surface area contributed by atoms with E-state index in [9.17, 15) is 15.2 Å². The summed E-state index contributed by atoms with van der Waals surface area (Å²) in [6.07, 6.45) is -0.0119. The Morgan fingerprint density at radius 1 is 1.19 bits per heavy atom. The third-order valence-electron chi connectivity index (χ3n) is 4.53. The molecule has 0 saturated heterocycles. The van der Waals surface area contributed by atoms with Crippen LogP contribution in [-0.2, 0) is 11.4 Å². The molecule has 7 nitrogen and oxygen atoms in total. The normalized spacial score (nSPS) is 11.6. The highest BCUT2D eigenvalue weighted by Crippen LogP contribution is 2.32. The van der Waals surface area contributed by atoms with Gasteiger partial charge in [0.05, 0.1) is 5.56 Å². The monoisotopic (exact) mass is 434 g/mol. The topological polar surface area (TPSA) is 106 Å². The first-order chi connectivity index (χ1) is 15.0. The summed E-state index contributed by atoms with van der Waals surface area (Å²) >= 11 is 6.14. The Kier molecular flexibility index (Phi) is 5.74. The zero-order valence-corrected chi connectivity index (χ0v) is 16.7. The number of nitriles is 1. The van der Waals surface area contributed by atoms with Crippen molar-refractivity contribution in [3.05, 3.63) is 88.8 Å². The lowest BCUT2D eigenvalue weighted by Crippen LogP contribution is -2.19. The number of carboxylic acids is 1. The highest BCUT2D eigenvalue weighted by molar-refractivity contribution is 6.31.